The summed E-state index contributed by atoms with van der Waals surface area (Å²) in [7, 11) is 0. The van der Waals surface area contributed by atoms with Crippen molar-refractivity contribution in [2.24, 2.45) is 5.92 Å². The monoisotopic (exact) mass is 249 g/mol. The third-order valence-corrected chi connectivity index (χ3v) is 3.38. The van der Waals surface area contributed by atoms with Crippen molar-refractivity contribution in [1.82, 2.24) is 5.32 Å². The standard InChI is InChI=1S/C13H19N3O2/c1-10-2-3-13(16(17)18)12(8-10)15-7-5-11-4-6-14-9-11/h2-3,8,11,14-15H,4-7,9H2,1H3. The number of nitro groups is 1. The third kappa shape index (κ3) is 3.20. The lowest BCUT2D eigenvalue weighted by Crippen LogP contribution is -2.13. The summed E-state index contributed by atoms with van der Waals surface area (Å²) in [6, 6.07) is 5.17. The Hall–Kier alpha value is -1.62. The van der Waals surface area contributed by atoms with Gasteiger partial charge in [0.1, 0.15) is 5.69 Å². The molecule has 1 saturated heterocycles. The van der Waals surface area contributed by atoms with Crippen molar-refractivity contribution in [3.05, 3.63) is 33.9 Å². The molecule has 1 fully saturated rings. The number of anilines is 1. The van der Waals surface area contributed by atoms with Gasteiger partial charge in [-0.05, 0) is 50.4 Å². The highest BCUT2D eigenvalue weighted by Crippen LogP contribution is 2.25. The van der Waals surface area contributed by atoms with Gasteiger partial charge < -0.3 is 10.6 Å². The van der Waals surface area contributed by atoms with Gasteiger partial charge in [-0.3, -0.25) is 10.1 Å². The molecule has 1 aliphatic rings. The first-order valence-electron chi connectivity index (χ1n) is 6.36. The fourth-order valence-corrected chi connectivity index (χ4v) is 2.32. The number of nitrogens with one attached hydrogen (secondary N) is 2. The summed E-state index contributed by atoms with van der Waals surface area (Å²) in [5.41, 5.74) is 1.82. The van der Waals surface area contributed by atoms with Gasteiger partial charge in [0.05, 0.1) is 4.92 Å². The van der Waals surface area contributed by atoms with Crippen LogP contribution in [0.4, 0.5) is 11.4 Å². The van der Waals surface area contributed by atoms with Crippen molar-refractivity contribution in [2.75, 3.05) is 25.0 Å². The Kier molecular flexibility index (Phi) is 4.15. The van der Waals surface area contributed by atoms with Gasteiger partial charge in [-0.25, -0.2) is 0 Å². The van der Waals surface area contributed by atoms with Crippen molar-refractivity contribution < 1.29 is 4.92 Å². The molecule has 2 rings (SSSR count). The van der Waals surface area contributed by atoms with Crippen LogP contribution in [0.3, 0.4) is 0 Å². The lowest BCUT2D eigenvalue weighted by molar-refractivity contribution is -0.384. The summed E-state index contributed by atoms with van der Waals surface area (Å²) < 4.78 is 0. The summed E-state index contributed by atoms with van der Waals surface area (Å²) in [5.74, 6) is 0.696. The molecule has 0 amide bonds. The van der Waals surface area contributed by atoms with Crippen LogP contribution in [-0.4, -0.2) is 24.6 Å². The zero-order valence-corrected chi connectivity index (χ0v) is 10.6. The molecule has 1 aromatic rings. The van der Waals surface area contributed by atoms with Crippen molar-refractivity contribution in [1.29, 1.82) is 0 Å². The van der Waals surface area contributed by atoms with Crippen LogP contribution in [0.2, 0.25) is 0 Å². The molecule has 98 valence electrons. The fourth-order valence-electron chi connectivity index (χ4n) is 2.32. The van der Waals surface area contributed by atoms with E-state index in [0.717, 1.165) is 31.6 Å². The number of nitro benzene ring substituents is 1. The first-order chi connectivity index (χ1) is 8.66. The highest BCUT2D eigenvalue weighted by Gasteiger charge is 2.16. The normalized spacial score (nSPS) is 18.8. The van der Waals surface area contributed by atoms with E-state index in [1.807, 2.05) is 13.0 Å². The second kappa shape index (κ2) is 5.82. The Morgan fingerprint density at radius 3 is 3.06 bits per heavy atom. The Balaban J connectivity index is 1.94. The van der Waals surface area contributed by atoms with E-state index in [1.54, 1.807) is 12.1 Å². The topological polar surface area (TPSA) is 67.2 Å². The Morgan fingerprint density at radius 1 is 1.56 bits per heavy atom. The number of nitrogens with zero attached hydrogens (tertiary/aromatic N) is 1. The molecule has 0 spiro atoms. The molecule has 1 heterocycles. The maximum absolute atomic E-state index is 10.9. The van der Waals surface area contributed by atoms with Gasteiger partial charge in [0.15, 0.2) is 0 Å². The number of benzene rings is 1. The predicted octanol–water partition coefficient (Wildman–Crippen LogP) is 2.31. The van der Waals surface area contributed by atoms with Gasteiger partial charge in [0, 0.05) is 12.6 Å². The molecule has 0 bridgehead atoms. The first-order valence-corrected chi connectivity index (χ1v) is 6.36. The third-order valence-electron chi connectivity index (χ3n) is 3.38. The van der Waals surface area contributed by atoms with E-state index in [0.29, 0.717) is 11.6 Å². The van der Waals surface area contributed by atoms with Crippen molar-refractivity contribution in [2.45, 2.75) is 19.8 Å². The quantitative estimate of drug-likeness (QED) is 0.620. The molecule has 5 heteroatoms. The lowest BCUT2D eigenvalue weighted by atomic mass is 10.1. The lowest BCUT2D eigenvalue weighted by Gasteiger charge is -2.11. The zero-order chi connectivity index (χ0) is 13.0. The van der Waals surface area contributed by atoms with Crippen molar-refractivity contribution >= 4 is 11.4 Å². The van der Waals surface area contributed by atoms with Crippen LogP contribution in [0.1, 0.15) is 18.4 Å². The molecule has 1 atom stereocenters. The molecule has 1 unspecified atom stereocenters. The highest BCUT2D eigenvalue weighted by molar-refractivity contribution is 5.62. The molecule has 2 N–H and O–H groups in total. The van der Waals surface area contributed by atoms with E-state index in [-0.39, 0.29) is 10.6 Å². The van der Waals surface area contributed by atoms with Crippen LogP contribution in [0, 0.1) is 23.0 Å². The molecule has 1 aliphatic heterocycles. The summed E-state index contributed by atoms with van der Waals surface area (Å²) in [6.45, 7) is 4.89. The summed E-state index contributed by atoms with van der Waals surface area (Å²) >= 11 is 0. The van der Waals surface area contributed by atoms with Crippen LogP contribution in [0.15, 0.2) is 18.2 Å². The molecule has 0 aromatic heterocycles. The zero-order valence-electron chi connectivity index (χ0n) is 10.6. The second-order valence-electron chi connectivity index (χ2n) is 4.85. The largest absolute Gasteiger partial charge is 0.379 e. The fraction of sp³-hybridized carbons (Fsp3) is 0.538. The summed E-state index contributed by atoms with van der Waals surface area (Å²) in [6.07, 6.45) is 2.26. The van der Waals surface area contributed by atoms with Crippen LogP contribution < -0.4 is 10.6 Å². The van der Waals surface area contributed by atoms with Crippen LogP contribution >= 0.6 is 0 Å². The molecule has 0 radical (unpaired) electrons. The Bertz CT molecular complexity index is 428. The minimum atomic E-state index is -0.334. The summed E-state index contributed by atoms with van der Waals surface area (Å²) in [4.78, 5) is 10.6. The van der Waals surface area contributed by atoms with Gasteiger partial charge in [-0.2, -0.15) is 0 Å². The van der Waals surface area contributed by atoms with E-state index in [2.05, 4.69) is 10.6 Å². The van der Waals surface area contributed by atoms with Gasteiger partial charge in [-0.1, -0.05) is 6.07 Å². The molecule has 18 heavy (non-hydrogen) atoms. The van der Waals surface area contributed by atoms with Gasteiger partial charge >= 0.3 is 0 Å². The van der Waals surface area contributed by atoms with Gasteiger partial charge in [0.2, 0.25) is 0 Å². The Labute approximate surface area is 107 Å². The SMILES string of the molecule is Cc1ccc([N+](=O)[O-])c(NCCC2CCNC2)c1. The van der Waals surface area contributed by atoms with Crippen LogP contribution in [0.5, 0.6) is 0 Å². The first kappa shape index (κ1) is 12.8. The van der Waals surface area contributed by atoms with Crippen LogP contribution in [0.25, 0.3) is 0 Å². The molecular weight excluding hydrogens is 230 g/mol. The van der Waals surface area contributed by atoms with Crippen molar-refractivity contribution in [3.63, 3.8) is 0 Å². The molecular formula is C13H19N3O2. The average molecular weight is 249 g/mol. The second-order valence-corrected chi connectivity index (χ2v) is 4.85. The van der Waals surface area contributed by atoms with E-state index in [1.165, 1.54) is 6.42 Å². The smallest absolute Gasteiger partial charge is 0.292 e. The van der Waals surface area contributed by atoms with Crippen LogP contribution in [-0.2, 0) is 0 Å². The van der Waals surface area contributed by atoms with E-state index in [4.69, 9.17) is 0 Å². The number of aryl methyl sites for hydroxylation is 1. The Morgan fingerprint density at radius 2 is 2.39 bits per heavy atom. The number of rotatable bonds is 5. The number of hydrogen-bond donors (Lipinski definition) is 2. The maximum atomic E-state index is 10.9. The van der Waals surface area contributed by atoms with E-state index < -0.39 is 0 Å². The van der Waals surface area contributed by atoms with E-state index in [9.17, 15) is 10.1 Å². The molecule has 0 saturated carbocycles. The average Bonchev–Trinajstić information content (AvgIpc) is 2.82. The van der Waals surface area contributed by atoms with E-state index >= 15 is 0 Å². The minimum Gasteiger partial charge on any atom is -0.379 e. The van der Waals surface area contributed by atoms with Gasteiger partial charge in [-0.15, -0.1) is 0 Å². The summed E-state index contributed by atoms with van der Waals surface area (Å²) in [5, 5.41) is 17.4. The molecule has 1 aromatic carbocycles. The molecule has 0 aliphatic carbocycles. The number of hydrogen-bond acceptors (Lipinski definition) is 4. The molecule has 5 nitrogen and oxygen atoms in total. The maximum Gasteiger partial charge on any atom is 0.292 e. The highest BCUT2D eigenvalue weighted by atomic mass is 16.6. The van der Waals surface area contributed by atoms with Crippen molar-refractivity contribution in [3.8, 4) is 0 Å². The minimum absolute atomic E-state index is 0.158. The van der Waals surface area contributed by atoms with Gasteiger partial charge in [0.25, 0.3) is 5.69 Å². The predicted molar refractivity (Wildman–Crippen MR) is 71.9 cm³/mol.